The number of halogens is 1. The zero-order valence-electron chi connectivity index (χ0n) is 19.0. The molecule has 3 rings (SSSR count). The van der Waals surface area contributed by atoms with E-state index in [2.05, 4.69) is 39.2 Å². The summed E-state index contributed by atoms with van der Waals surface area (Å²) >= 11 is 5.99. The molecule has 1 atom stereocenters. The van der Waals surface area contributed by atoms with Crippen LogP contribution in [0.5, 0.6) is 0 Å². The summed E-state index contributed by atoms with van der Waals surface area (Å²) in [5.41, 5.74) is 17.3. The van der Waals surface area contributed by atoms with Crippen molar-refractivity contribution in [2.45, 2.75) is 18.9 Å². The smallest absolute Gasteiger partial charge is 0.256 e. The highest BCUT2D eigenvalue weighted by atomic mass is 35.5. The van der Waals surface area contributed by atoms with Gasteiger partial charge in [0.05, 0.1) is 11.4 Å². The number of hydrogen-bond donors (Lipinski definition) is 5. The summed E-state index contributed by atoms with van der Waals surface area (Å²) in [4.78, 5) is 22.7. The lowest BCUT2D eigenvalue weighted by Crippen LogP contribution is -2.56. The molecule has 7 N–H and O–H groups in total. The first-order valence-electron chi connectivity index (χ1n) is 11.0. The van der Waals surface area contributed by atoms with Crippen LogP contribution < -0.4 is 22.2 Å². The number of aromatic nitrogens is 1. The molecule has 178 valence electrons. The first kappa shape index (κ1) is 24.6. The topological polar surface area (TPSA) is 128 Å². The standard InChI is InChI=1S/C23H33ClN8O/c1-16(19-9-10-20(29-19)17-5-7-18(24)8-6-17)28-21(4-3-11-27-23(25)26)22(33)30-32-14-12-31(2)13-15-32/h5-10,21,28-29H,1,3-4,11-15H2,2H3,(H,30,33)(H4,25,26,27)/t21-/m0/s1. The van der Waals surface area contributed by atoms with E-state index in [1.807, 2.05) is 41.4 Å². The number of aromatic amines is 1. The number of likely N-dealkylation sites (N-methyl/N-ethyl adjacent to an activating group) is 1. The molecule has 2 aromatic rings. The van der Waals surface area contributed by atoms with Crippen LogP contribution in [0.3, 0.4) is 0 Å². The number of nitrogens with two attached hydrogens (primary N) is 2. The summed E-state index contributed by atoms with van der Waals surface area (Å²) in [6.45, 7) is 7.99. The molecule has 10 heteroatoms. The van der Waals surface area contributed by atoms with Crippen LogP contribution in [-0.2, 0) is 4.79 Å². The highest BCUT2D eigenvalue weighted by molar-refractivity contribution is 6.30. The summed E-state index contributed by atoms with van der Waals surface area (Å²) < 4.78 is 0. The average molecular weight is 473 g/mol. The highest BCUT2D eigenvalue weighted by Crippen LogP contribution is 2.23. The predicted molar refractivity (Wildman–Crippen MR) is 134 cm³/mol. The minimum absolute atomic E-state index is 0.0481. The molecular weight excluding hydrogens is 440 g/mol. The van der Waals surface area contributed by atoms with Gasteiger partial charge in [-0.3, -0.25) is 15.2 Å². The fraction of sp³-hybridized carbons (Fsp3) is 0.391. The van der Waals surface area contributed by atoms with Crippen LogP contribution in [0, 0.1) is 0 Å². The van der Waals surface area contributed by atoms with Crippen LogP contribution in [-0.4, -0.2) is 72.6 Å². The molecule has 0 unspecified atom stereocenters. The van der Waals surface area contributed by atoms with Gasteiger partial charge in [0.2, 0.25) is 0 Å². The molecule has 0 bridgehead atoms. The Morgan fingerprint density at radius 2 is 1.88 bits per heavy atom. The summed E-state index contributed by atoms with van der Waals surface area (Å²) in [7, 11) is 2.08. The zero-order valence-corrected chi connectivity index (χ0v) is 19.7. The molecule has 0 aliphatic carbocycles. The van der Waals surface area contributed by atoms with E-state index in [1.54, 1.807) is 0 Å². The Balaban J connectivity index is 1.65. The molecule has 1 aliphatic rings. The number of nitrogens with one attached hydrogen (secondary N) is 3. The van der Waals surface area contributed by atoms with Crippen LogP contribution in [0.2, 0.25) is 5.02 Å². The summed E-state index contributed by atoms with van der Waals surface area (Å²) in [5.74, 6) is -0.0539. The fourth-order valence-corrected chi connectivity index (χ4v) is 3.71. The molecule has 0 saturated carbocycles. The molecule has 1 saturated heterocycles. The predicted octanol–water partition coefficient (Wildman–Crippen LogP) is 1.60. The van der Waals surface area contributed by atoms with Crippen LogP contribution in [0.25, 0.3) is 17.0 Å². The van der Waals surface area contributed by atoms with Crippen molar-refractivity contribution in [2.75, 3.05) is 39.8 Å². The second-order valence-corrected chi connectivity index (χ2v) is 8.62. The quantitative estimate of drug-likeness (QED) is 0.203. The molecular formula is C23H33ClN8O. The largest absolute Gasteiger partial charge is 0.372 e. The number of carbonyl (C=O) groups is 1. The van der Waals surface area contributed by atoms with Gasteiger partial charge in [0.25, 0.3) is 5.91 Å². The maximum atomic E-state index is 13.1. The molecule has 33 heavy (non-hydrogen) atoms. The minimum Gasteiger partial charge on any atom is -0.372 e. The number of benzene rings is 1. The Hall–Kier alpha value is -3.01. The van der Waals surface area contributed by atoms with E-state index in [-0.39, 0.29) is 11.9 Å². The number of nitrogens with zero attached hydrogens (tertiary/aromatic N) is 3. The molecule has 1 fully saturated rings. The molecule has 0 radical (unpaired) electrons. The molecule has 2 heterocycles. The van der Waals surface area contributed by atoms with Gasteiger partial charge in [-0.1, -0.05) is 30.3 Å². The minimum atomic E-state index is -0.478. The second kappa shape index (κ2) is 11.7. The third kappa shape index (κ3) is 7.52. The number of hydrazine groups is 1. The average Bonchev–Trinajstić information content (AvgIpc) is 3.28. The fourth-order valence-electron chi connectivity index (χ4n) is 3.58. The monoisotopic (exact) mass is 472 g/mol. The van der Waals surface area contributed by atoms with Crippen molar-refractivity contribution < 1.29 is 4.79 Å². The van der Waals surface area contributed by atoms with Crippen molar-refractivity contribution in [1.82, 2.24) is 25.6 Å². The lowest BCUT2D eigenvalue weighted by Gasteiger charge is -2.33. The summed E-state index contributed by atoms with van der Waals surface area (Å²) in [6.07, 6.45) is 1.21. The number of rotatable bonds is 10. The Morgan fingerprint density at radius 3 is 2.55 bits per heavy atom. The number of guanidine groups is 1. The van der Waals surface area contributed by atoms with Crippen LogP contribution in [0.4, 0.5) is 0 Å². The van der Waals surface area contributed by atoms with Crippen LogP contribution >= 0.6 is 11.6 Å². The number of amides is 1. The molecule has 1 amide bonds. The van der Waals surface area contributed by atoms with Gasteiger partial charge in [-0.2, -0.15) is 0 Å². The van der Waals surface area contributed by atoms with Crippen molar-refractivity contribution in [1.29, 1.82) is 0 Å². The van der Waals surface area contributed by atoms with Crippen LogP contribution in [0.15, 0.2) is 48.0 Å². The molecule has 1 aromatic carbocycles. The lowest BCUT2D eigenvalue weighted by atomic mass is 10.1. The van der Waals surface area contributed by atoms with Gasteiger partial charge >= 0.3 is 0 Å². The number of carbonyl (C=O) groups excluding carboxylic acids is 1. The Labute approximate surface area is 199 Å². The first-order valence-corrected chi connectivity index (χ1v) is 11.4. The number of H-pyrrole nitrogens is 1. The normalized spacial score (nSPS) is 15.6. The van der Waals surface area contributed by atoms with Crippen LogP contribution in [0.1, 0.15) is 18.5 Å². The Kier molecular flexibility index (Phi) is 8.76. The van der Waals surface area contributed by atoms with Gasteiger partial charge in [0.15, 0.2) is 5.96 Å². The summed E-state index contributed by atoms with van der Waals surface area (Å²) in [5, 5.41) is 5.93. The number of hydrogen-bond acceptors (Lipinski definition) is 5. The van der Waals surface area contributed by atoms with E-state index in [0.29, 0.717) is 30.1 Å². The summed E-state index contributed by atoms with van der Waals surface area (Å²) in [6, 6.07) is 11.0. The van der Waals surface area contributed by atoms with E-state index < -0.39 is 6.04 Å². The first-order chi connectivity index (χ1) is 15.8. The van der Waals surface area contributed by atoms with Gasteiger partial charge < -0.3 is 26.7 Å². The zero-order chi connectivity index (χ0) is 23.8. The third-order valence-corrected chi connectivity index (χ3v) is 5.80. The van der Waals surface area contributed by atoms with Gasteiger partial charge in [-0.05, 0) is 49.7 Å². The van der Waals surface area contributed by atoms with Crippen molar-refractivity contribution >= 4 is 29.2 Å². The maximum Gasteiger partial charge on any atom is 0.256 e. The van der Waals surface area contributed by atoms with Gasteiger partial charge in [0, 0.05) is 43.4 Å². The highest BCUT2D eigenvalue weighted by Gasteiger charge is 2.23. The van der Waals surface area contributed by atoms with E-state index in [0.717, 1.165) is 43.1 Å². The van der Waals surface area contributed by atoms with Crippen molar-refractivity contribution in [3.05, 3.63) is 53.7 Å². The van der Waals surface area contributed by atoms with E-state index in [4.69, 9.17) is 23.1 Å². The lowest BCUT2D eigenvalue weighted by molar-refractivity contribution is -0.128. The molecule has 1 aliphatic heterocycles. The SMILES string of the molecule is C=C(N[C@@H](CCCN=C(N)N)C(=O)NN1CCN(C)CC1)c1ccc(-c2ccc(Cl)cc2)[nH]1. The van der Waals surface area contributed by atoms with E-state index in [1.165, 1.54) is 0 Å². The van der Waals surface area contributed by atoms with E-state index in [9.17, 15) is 4.79 Å². The van der Waals surface area contributed by atoms with Crippen molar-refractivity contribution in [3.63, 3.8) is 0 Å². The number of piperazine rings is 1. The van der Waals surface area contributed by atoms with Gasteiger partial charge in [-0.25, -0.2) is 5.01 Å². The maximum absolute atomic E-state index is 13.1. The third-order valence-electron chi connectivity index (χ3n) is 5.55. The van der Waals surface area contributed by atoms with Crippen molar-refractivity contribution in [2.24, 2.45) is 16.5 Å². The Morgan fingerprint density at radius 1 is 1.18 bits per heavy atom. The van der Waals surface area contributed by atoms with Gasteiger partial charge in [0.1, 0.15) is 6.04 Å². The van der Waals surface area contributed by atoms with E-state index >= 15 is 0 Å². The molecule has 1 aromatic heterocycles. The van der Waals surface area contributed by atoms with Crippen molar-refractivity contribution in [3.8, 4) is 11.3 Å². The number of aliphatic imine (C=N–C) groups is 1. The molecule has 0 spiro atoms. The second-order valence-electron chi connectivity index (χ2n) is 8.18. The molecule has 9 nitrogen and oxygen atoms in total. The van der Waals surface area contributed by atoms with Gasteiger partial charge in [-0.15, -0.1) is 0 Å². The Bertz CT molecular complexity index is 959.